The largest absolute Gasteiger partial charge is 0.355 e. The second-order valence-electron chi connectivity index (χ2n) is 5.73. The minimum atomic E-state index is 0.119. The Morgan fingerprint density at radius 1 is 1.28 bits per heavy atom. The van der Waals surface area contributed by atoms with Crippen molar-refractivity contribution in [1.82, 2.24) is 5.32 Å². The van der Waals surface area contributed by atoms with Crippen LogP contribution in [0.2, 0.25) is 0 Å². The molecule has 2 nitrogen and oxygen atoms in total. The third-order valence-electron chi connectivity index (χ3n) is 4.30. The Bertz CT molecular complexity index is 442. The van der Waals surface area contributed by atoms with Crippen molar-refractivity contribution in [3.8, 4) is 0 Å². The van der Waals surface area contributed by atoms with Crippen LogP contribution in [0.25, 0.3) is 0 Å². The molecule has 0 saturated heterocycles. The maximum Gasteiger partial charge on any atom is 0.223 e. The van der Waals surface area contributed by atoms with Gasteiger partial charge < -0.3 is 5.32 Å². The van der Waals surface area contributed by atoms with E-state index in [1.54, 1.807) is 0 Å². The fraction of sp³-hybridized carbons (Fsp3) is 0.533. The molecule has 0 radical (unpaired) electrons. The van der Waals surface area contributed by atoms with Crippen molar-refractivity contribution >= 4 is 17.5 Å². The molecular weight excluding hydrogens is 246 g/mol. The van der Waals surface area contributed by atoms with E-state index in [2.05, 4.69) is 17.4 Å². The van der Waals surface area contributed by atoms with Crippen LogP contribution in [0.4, 0.5) is 0 Å². The number of nitrogens with one attached hydrogen (secondary N) is 1. The van der Waals surface area contributed by atoms with Crippen molar-refractivity contribution in [2.45, 2.75) is 25.7 Å². The van der Waals surface area contributed by atoms with Crippen LogP contribution in [0.1, 0.15) is 24.0 Å². The van der Waals surface area contributed by atoms with Gasteiger partial charge in [0.2, 0.25) is 5.91 Å². The monoisotopic (exact) mass is 263 g/mol. The summed E-state index contributed by atoms with van der Waals surface area (Å²) < 4.78 is 0. The highest BCUT2D eigenvalue weighted by molar-refractivity contribution is 6.18. The number of rotatable bonds is 4. The van der Waals surface area contributed by atoms with Gasteiger partial charge in [-0.05, 0) is 36.8 Å². The van der Waals surface area contributed by atoms with Gasteiger partial charge in [0, 0.05) is 23.8 Å². The summed E-state index contributed by atoms with van der Waals surface area (Å²) in [6.45, 7) is 0.752. The molecular formula is C15H18ClNO. The highest BCUT2D eigenvalue weighted by atomic mass is 35.5. The van der Waals surface area contributed by atoms with E-state index in [-0.39, 0.29) is 17.2 Å². The maximum atomic E-state index is 12.2. The Labute approximate surface area is 113 Å². The number of benzene rings is 1. The number of hydrogen-bond donors (Lipinski definition) is 1. The lowest BCUT2D eigenvalue weighted by atomic mass is 10.0. The lowest BCUT2D eigenvalue weighted by Gasteiger charge is -2.15. The minimum absolute atomic E-state index is 0.119. The van der Waals surface area contributed by atoms with Crippen LogP contribution in [0.15, 0.2) is 24.3 Å². The van der Waals surface area contributed by atoms with E-state index < -0.39 is 0 Å². The van der Waals surface area contributed by atoms with Gasteiger partial charge in [-0.15, -0.1) is 11.6 Å². The van der Waals surface area contributed by atoms with Gasteiger partial charge in [-0.3, -0.25) is 4.79 Å². The lowest BCUT2D eigenvalue weighted by molar-refractivity contribution is -0.124. The molecule has 2 aliphatic rings. The number of carbonyl (C=O) groups excluding carboxylic acids is 1. The molecule has 18 heavy (non-hydrogen) atoms. The van der Waals surface area contributed by atoms with Crippen LogP contribution in [-0.4, -0.2) is 18.3 Å². The summed E-state index contributed by atoms with van der Waals surface area (Å²) in [4.78, 5) is 12.2. The fourth-order valence-electron chi connectivity index (χ4n) is 2.70. The van der Waals surface area contributed by atoms with Crippen LogP contribution < -0.4 is 5.32 Å². The van der Waals surface area contributed by atoms with E-state index >= 15 is 0 Å². The van der Waals surface area contributed by atoms with Crippen LogP contribution in [0.5, 0.6) is 0 Å². The Morgan fingerprint density at radius 2 is 1.89 bits per heavy atom. The Morgan fingerprint density at radius 3 is 2.39 bits per heavy atom. The summed E-state index contributed by atoms with van der Waals surface area (Å²) >= 11 is 5.92. The number of halogens is 1. The number of amides is 1. The van der Waals surface area contributed by atoms with Gasteiger partial charge in [0.15, 0.2) is 0 Å². The predicted molar refractivity (Wildman–Crippen MR) is 72.7 cm³/mol. The highest BCUT2D eigenvalue weighted by Gasteiger charge is 2.42. The minimum Gasteiger partial charge on any atom is -0.355 e. The van der Waals surface area contributed by atoms with Gasteiger partial charge in [-0.1, -0.05) is 24.3 Å². The number of carbonyl (C=O) groups is 1. The molecule has 2 aliphatic carbocycles. The molecule has 1 aromatic rings. The van der Waals surface area contributed by atoms with Crippen LogP contribution >= 0.6 is 11.6 Å². The molecule has 1 amide bonds. The van der Waals surface area contributed by atoms with Crippen molar-refractivity contribution in [1.29, 1.82) is 0 Å². The Balaban J connectivity index is 1.56. The topological polar surface area (TPSA) is 29.1 Å². The summed E-state index contributed by atoms with van der Waals surface area (Å²) in [5, 5.41) is 3.09. The molecule has 1 aromatic carbocycles. The summed E-state index contributed by atoms with van der Waals surface area (Å²) in [5.74, 6) is 0.981. The SMILES string of the molecule is O=C(NCC1(CCl)CC1)C1Cc2ccccc2C1. The first-order chi connectivity index (χ1) is 8.72. The van der Waals surface area contributed by atoms with E-state index in [0.717, 1.165) is 32.2 Å². The molecule has 0 aliphatic heterocycles. The van der Waals surface area contributed by atoms with Gasteiger partial charge in [-0.25, -0.2) is 0 Å². The fourth-order valence-corrected chi connectivity index (χ4v) is 3.06. The normalized spacial score (nSPS) is 20.5. The molecule has 1 saturated carbocycles. The van der Waals surface area contributed by atoms with Crippen molar-refractivity contribution in [3.63, 3.8) is 0 Å². The van der Waals surface area contributed by atoms with Gasteiger partial charge in [0.25, 0.3) is 0 Å². The maximum absolute atomic E-state index is 12.2. The van der Waals surface area contributed by atoms with Crippen LogP contribution in [-0.2, 0) is 17.6 Å². The summed E-state index contributed by atoms with van der Waals surface area (Å²) in [6, 6.07) is 8.35. The van der Waals surface area contributed by atoms with E-state index in [4.69, 9.17) is 11.6 Å². The molecule has 0 unspecified atom stereocenters. The number of fused-ring (bicyclic) bond motifs is 1. The molecule has 0 bridgehead atoms. The van der Waals surface area contributed by atoms with Gasteiger partial charge in [-0.2, -0.15) is 0 Å². The Hall–Kier alpha value is -1.02. The summed E-state index contributed by atoms with van der Waals surface area (Å²) in [5.41, 5.74) is 2.87. The van der Waals surface area contributed by atoms with Crippen LogP contribution in [0.3, 0.4) is 0 Å². The zero-order valence-corrected chi connectivity index (χ0v) is 11.2. The molecule has 96 valence electrons. The van der Waals surface area contributed by atoms with Gasteiger partial charge in [0.1, 0.15) is 0 Å². The number of alkyl halides is 1. The van der Waals surface area contributed by atoms with E-state index in [1.165, 1.54) is 11.1 Å². The first-order valence-corrected chi connectivity index (χ1v) is 7.16. The zero-order valence-electron chi connectivity index (χ0n) is 10.4. The highest BCUT2D eigenvalue weighted by Crippen LogP contribution is 2.45. The second kappa shape index (κ2) is 4.58. The average Bonchev–Trinajstić information content (AvgIpc) is 3.05. The second-order valence-corrected chi connectivity index (χ2v) is 5.99. The van der Waals surface area contributed by atoms with Gasteiger partial charge in [0.05, 0.1) is 0 Å². The van der Waals surface area contributed by atoms with Crippen molar-refractivity contribution < 1.29 is 4.79 Å². The van der Waals surface area contributed by atoms with Crippen molar-refractivity contribution in [2.75, 3.05) is 12.4 Å². The molecule has 0 aromatic heterocycles. The zero-order chi connectivity index (χ0) is 12.6. The third kappa shape index (κ3) is 2.26. The molecule has 3 rings (SSSR count). The van der Waals surface area contributed by atoms with Crippen LogP contribution in [0, 0.1) is 11.3 Å². The quantitative estimate of drug-likeness (QED) is 0.831. The van der Waals surface area contributed by atoms with Gasteiger partial charge >= 0.3 is 0 Å². The number of hydrogen-bond acceptors (Lipinski definition) is 1. The standard InChI is InChI=1S/C15H18ClNO/c16-9-15(5-6-15)10-17-14(18)13-7-11-3-1-2-4-12(11)8-13/h1-4,13H,5-10H2,(H,17,18). The molecule has 0 atom stereocenters. The molecule has 0 spiro atoms. The smallest absolute Gasteiger partial charge is 0.223 e. The van der Waals surface area contributed by atoms with Crippen molar-refractivity contribution in [3.05, 3.63) is 35.4 Å². The molecule has 3 heteroatoms. The first-order valence-electron chi connectivity index (χ1n) is 6.63. The summed E-state index contributed by atoms with van der Waals surface area (Å²) in [7, 11) is 0. The van der Waals surface area contributed by atoms with E-state index in [9.17, 15) is 4.79 Å². The molecule has 1 N–H and O–H groups in total. The summed E-state index contributed by atoms with van der Waals surface area (Å²) in [6.07, 6.45) is 4.08. The van der Waals surface area contributed by atoms with Crippen molar-refractivity contribution in [2.24, 2.45) is 11.3 Å². The third-order valence-corrected chi connectivity index (χ3v) is 4.87. The average molecular weight is 264 g/mol. The molecule has 0 heterocycles. The first kappa shape index (κ1) is 12.0. The van der Waals surface area contributed by atoms with E-state index in [1.807, 2.05) is 12.1 Å². The molecule has 1 fully saturated rings. The predicted octanol–water partition coefficient (Wildman–Crippen LogP) is 2.54. The Kier molecular flexibility index (Phi) is 3.06. The lowest BCUT2D eigenvalue weighted by Crippen LogP contribution is -2.36. The van der Waals surface area contributed by atoms with E-state index in [0.29, 0.717) is 5.88 Å².